The van der Waals surface area contributed by atoms with Gasteiger partial charge >= 0.3 is 5.97 Å². The number of carboxylic acid groups (broad SMARTS) is 1. The van der Waals surface area contributed by atoms with E-state index in [2.05, 4.69) is 0 Å². The standard InChI is InChI=1S/C10H19NO2/c1-3-9(10(12)13)11(2)8-6-4-5-7-8/h8-9H,3-7H2,1-2H3,(H,12,13). The molecular formula is C10H19NO2. The van der Waals surface area contributed by atoms with E-state index in [0.29, 0.717) is 12.5 Å². The largest absolute Gasteiger partial charge is 0.480 e. The Labute approximate surface area is 79.7 Å². The van der Waals surface area contributed by atoms with Crippen LogP contribution in [0.25, 0.3) is 0 Å². The Morgan fingerprint density at radius 1 is 1.54 bits per heavy atom. The third-order valence-corrected chi connectivity index (χ3v) is 3.06. The van der Waals surface area contributed by atoms with Gasteiger partial charge in [0.15, 0.2) is 0 Å². The molecule has 0 aromatic rings. The van der Waals surface area contributed by atoms with Gasteiger partial charge in [0, 0.05) is 6.04 Å². The number of carbonyl (C=O) groups is 1. The molecule has 1 atom stereocenters. The summed E-state index contributed by atoms with van der Waals surface area (Å²) < 4.78 is 0. The lowest BCUT2D eigenvalue weighted by Crippen LogP contribution is -2.43. The van der Waals surface area contributed by atoms with Gasteiger partial charge < -0.3 is 5.11 Å². The van der Waals surface area contributed by atoms with Gasteiger partial charge in [-0.3, -0.25) is 9.69 Å². The third kappa shape index (κ3) is 2.44. The Morgan fingerprint density at radius 2 is 2.08 bits per heavy atom. The molecular weight excluding hydrogens is 166 g/mol. The zero-order chi connectivity index (χ0) is 9.84. The Morgan fingerprint density at radius 3 is 2.46 bits per heavy atom. The Hall–Kier alpha value is -0.570. The number of aliphatic carboxylic acids is 1. The lowest BCUT2D eigenvalue weighted by Gasteiger charge is -2.29. The molecule has 1 N–H and O–H groups in total. The Kier molecular flexibility index (Phi) is 3.72. The van der Waals surface area contributed by atoms with Crippen molar-refractivity contribution >= 4 is 5.97 Å². The van der Waals surface area contributed by atoms with Crippen molar-refractivity contribution in [3.63, 3.8) is 0 Å². The first-order valence-corrected chi connectivity index (χ1v) is 5.11. The molecule has 1 unspecified atom stereocenters. The van der Waals surface area contributed by atoms with E-state index in [1.54, 1.807) is 0 Å². The minimum absolute atomic E-state index is 0.289. The van der Waals surface area contributed by atoms with Gasteiger partial charge in [0.1, 0.15) is 6.04 Å². The molecule has 0 amide bonds. The lowest BCUT2D eigenvalue weighted by atomic mass is 10.1. The Balaban J connectivity index is 2.51. The molecule has 1 fully saturated rings. The van der Waals surface area contributed by atoms with Gasteiger partial charge in [-0.1, -0.05) is 19.8 Å². The molecule has 76 valence electrons. The first-order valence-electron chi connectivity index (χ1n) is 5.11. The Bertz CT molecular complexity index is 176. The lowest BCUT2D eigenvalue weighted by molar-refractivity contribution is -0.143. The van der Waals surface area contributed by atoms with Gasteiger partial charge in [0.2, 0.25) is 0 Å². The maximum absolute atomic E-state index is 10.9. The number of rotatable bonds is 4. The van der Waals surface area contributed by atoms with E-state index in [9.17, 15) is 4.79 Å². The van der Waals surface area contributed by atoms with Gasteiger partial charge in [0.25, 0.3) is 0 Å². The van der Waals surface area contributed by atoms with Crippen molar-refractivity contribution in [1.29, 1.82) is 0 Å². The van der Waals surface area contributed by atoms with Crippen molar-refractivity contribution in [3.05, 3.63) is 0 Å². The number of hydrogen-bond donors (Lipinski definition) is 1. The molecule has 0 bridgehead atoms. The maximum atomic E-state index is 10.9. The molecule has 1 aliphatic carbocycles. The number of likely N-dealkylation sites (N-methyl/N-ethyl adjacent to an activating group) is 1. The maximum Gasteiger partial charge on any atom is 0.320 e. The first kappa shape index (κ1) is 10.5. The second kappa shape index (κ2) is 4.61. The number of nitrogens with zero attached hydrogens (tertiary/aromatic N) is 1. The summed E-state index contributed by atoms with van der Waals surface area (Å²) in [5, 5.41) is 8.96. The van der Waals surface area contributed by atoms with Crippen LogP contribution in [0.2, 0.25) is 0 Å². The van der Waals surface area contributed by atoms with Crippen molar-refractivity contribution in [2.45, 2.75) is 51.1 Å². The van der Waals surface area contributed by atoms with Crippen LogP contribution in [-0.2, 0) is 4.79 Å². The number of hydrogen-bond acceptors (Lipinski definition) is 2. The van der Waals surface area contributed by atoms with E-state index in [4.69, 9.17) is 5.11 Å². The average Bonchev–Trinajstić information content (AvgIpc) is 2.56. The van der Waals surface area contributed by atoms with E-state index in [0.717, 1.165) is 0 Å². The molecule has 0 spiro atoms. The molecule has 3 nitrogen and oxygen atoms in total. The van der Waals surface area contributed by atoms with Crippen LogP contribution in [0, 0.1) is 0 Å². The van der Waals surface area contributed by atoms with Gasteiger partial charge in [-0.25, -0.2) is 0 Å². The molecule has 1 saturated carbocycles. The van der Waals surface area contributed by atoms with Crippen LogP contribution in [0.15, 0.2) is 0 Å². The topological polar surface area (TPSA) is 40.5 Å². The summed E-state index contributed by atoms with van der Waals surface area (Å²) >= 11 is 0. The summed E-state index contributed by atoms with van der Waals surface area (Å²) in [6, 6.07) is 0.212. The molecule has 1 aliphatic rings. The minimum Gasteiger partial charge on any atom is -0.480 e. The summed E-state index contributed by atoms with van der Waals surface area (Å²) in [6.45, 7) is 1.93. The van der Waals surface area contributed by atoms with Gasteiger partial charge in [-0.05, 0) is 26.3 Å². The molecule has 0 aromatic heterocycles. The van der Waals surface area contributed by atoms with Crippen LogP contribution in [-0.4, -0.2) is 35.1 Å². The normalized spacial score (nSPS) is 20.8. The highest BCUT2D eigenvalue weighted by Gasteiger charge is 2.28. The minimum atomic E-state index is -0.683. The zero-order valence-electron chi connectivity index (χ0n) is 8.49. The van der Waals surface area contributed by atoms with Gasteiger partial charge in [-0.2, -0.15) is 0 Å². The SMILES string of the molecule is CCC(C(=O)O)N(C)C1CCCC1. The molecule has 0 aliphatic heterocycles. The van der Waals surface area contributed by atoms with E-state index in [1.165, 1.54) is 25.7 Å². The average molecular weight is 185 g/mol. The van der Waals surface area contributed by atoms with Crippen LogP contribution in [0.3, 0.4) is 0 Å². The monoisotopic (exact) mass is 185 g/mol. The van der Waals surface area contributed by atoms with E-state index < -0.39 is 5.97 Å². The van der Waals surface area contributed by atoms with Crippen LogP contribution < -0.4 is 0 Å². The number of carboxylic acids is 1. The molecule has 13 heavy (non-hydrogen) atoms. The van der Waals surface area contributed by atoms with Gasteiger partial charge in [0.05, 0.1) is 0 Å². The van der Waals surface area contributed by atoms with Crippen molar-refractivity contribution < 1.29 is 9.90 Å². The summed E-state index contributed by atoms with van der Waals surface area (Å²) in [5.74, 6) is -0.683. The van der Waals surface area contributed by atoms with Crippen LogP contribution in [0.4, 0.5) is 0 Å². The van der Waals surface area contributed by atoms with E-state index >= 15 is 0 Å². The molecule has 0 radical (unpaired) electrons. The zero-order valence-corrected chi connectivity index (χ0v) is 8.49. The highest BCUT2D eigenvalue weighted by atomic mass is 16.4. The highest BCUT2D eigenvalue weighted by molar-refractivity contribution is 5.73. The fraction of sp³-hybridized carbons (Fsp3) is 0.900. The first-order chi connectivity index (χ1) is 6.16. The van der Waals surface area contributed by atoms with Gasteiger partial charge in [-0.15, -0.1) is 0 Å². The molecule has 1 rings (SSSR count). The summed E-state index contributed by atoms with van der Waals surface area (Å²) in [5.41, 5.74) is 0. The van der Waals surface area contributed by atoms with Crippen molar-refractivity contribution in [2.24, 2.45) is 0 Å². The molecule has 0 saturated heterocycles. The molecule has 0 heterocycles. The smallest absolute Gasteiger partial charge is 0.320 e. The quantitative estimate of drug-likeness (QED) is 0.725. The van der Waals surface area contributed by atoms with Crippen LogP contribution in [0.1, 0.15) is 39.0 Å². The third-order valence-electron chi connectivity index (χ3n) is 3.06. The molecule has 0 aromatic carbocycles. The fourth-order valence-electron chi connectivity index (χ4n) is 2.20. The van der Waals surface area contributed by atoms with Crippen LogP contribution >= 0.6 is 0 Å². The second-order valence-electron chi connectivity index (χ2n) is 3.87. The predicted molar refractivity (Wildman–Crippen MR) is 51.7 cm³/mol. The van der Waals surface area contributed by atoms with E-state index in [1.807, 2.05) is 18.9 Å². The summed E-state index contributed by atoms with van der Waals surface area (Å²) in [7, 11) is 1.94. The van der Waals surface area contributed by atoms with Crippen molar-refractivity contribution in [2.75, 3.05) is 7.05 Å². The molecule has 3 heteroatoms. The second-order valence-corrected chi connectivity index (χ2v) is 3.87. The fourth-order valence-corrected chi connectivity index (χ4v) is 2.20. The summed E-state index contributed by atoms with van der Waals surface area (Å²) in [6.07, 6.45) is 5.54. The van der Waals surface area contributed by atoms with Crippen molar-refractivity contribution in [3.8, 4) is 0 Å². The van der Waals surface area contributed by atoms with E-state index in [-0.39, 0.29) is 6.04 Å². The summed E-state index contributed by atoms with van der Waals surface area (Å²) in [4.78, 5) is 12.9. The highest BCUT2D eigenvalue weighted by Crippen LogP contribution is 2.24. The predicted octanol–water partition coefficient (Wildman–Crippen LogP) is 1.72. The van der Waals surface area contributed by atoms with Crippen LogP contribution in [0.5, 0.6) is 0 Å². The van der Waals surface area contributed by atoms with Crippen molar-refractivity contribution in [1.82, 2.24) is 4.90 Å².